The van der Waals surface area contributed by atoms with Gasteiger partial charge in [-0.05, 0) is 23.7 Å². The predicted molar refractivity (Wildman–Crippen MR) is 51.3 cm³/mol. The van der Waals surface area contributed by atoms with Gasteiger partial charge in [-0.25, -0.2) is 0 Å². The third-order valence-corrected chi connectivity index (χ3v) is 5.59. The van der Waals surface area contributed by atoms with E-state index in [1.54, 1.807) is 0 Å². The molecule has 0 spiro atoms. The first-order chi connectivity index (χ1) is 6.83. The molecule has 74 valence electrons. The summed E-state index contributed by atoms with van der Waals surface area (Å²) in [5.74, 6) is 2.19. The molecule has 2 heteroatoms. The Morgan fingerprint density at radius 1 is 0.714 bits per heavy atom. The highest BCUT2D eigenvalue weighted by Gasteiger charge is 2.85. The molecular formula is C12H14O2. The van der Waals surface area contributed by atoms with E-state index in [-0.39, 0.29) is 24.0 Å². The monoisotopic (exact) mass is 190 g/mol. The molecule has 0 bridgehead atoms. The number of aliphatic hydroxyl groups excluding tert-OH is 2. The molecule has 6 atom stereocenters. The molecular weight excluding hydrogens is 176 g/mol. The largest absolute Gasteiger partial charge is 0.396 e. The highest BCUT2D eigenvalue weighted by atomic mass is 16.3. The Bertz CT molecular complexity index is 309. The molecule has 0 amide bonds. The fraction of sp³-hybridized carbons (Fsp3) is 0.667. The average Bonchev–Trinajstić information content (AvgIpc) is 2.10. The smallest absolute Gasteiger partial charge is 0.0505 e. The van der Waals surface area contributed by atoms with Crippen molar-refractivity contribution in [2.24, 2.45) is 34.5 Å². The minimum Gasteiger partial charge on any atom is -0.396 e. The number of aliphatic hydroxyl groups is 2. The van der Waals surface area contributed by atoms with E-state index in [0.717, 1.165) is 0 Å². The first-order valence-corrected chi connectivity index (χ1v) is 5.41. The SMILES string of the molecule is OCC12[C@@H]3C=C[C@@H]3C1(CO)[C@@H]1C=C[C@@H]12. The molecule has 0 heterocycles. The Kier molecular flexibility index (Phi) is 1.02. The molecule has 2 N–H and O–H groups in total. The van der Waals surface area contributed by atoms with Crippen LogP contribution in [0.5, 0.6) is 0 Å². The molecule has 0 aromatic heterocycles. The van der Waals surface area contributed by atoms with Crippen LogP contribution >= 0.6 is 0 Å². The van der Waals surface area contributed by atoms with Gasteiger partial charge >= 0.3 is 0 Å². The van der Waals surface area contributed by atoms with Gasteiger partial charge in [0.2, 0.25) is 0 Å². The summed E-state index contributed by atoms with van der Waals surface area (Å²) < 4.78 is 0. The molecule has 4 rings (SSSR count). The Morgan fingerprint density at radius 2 is 1.00 bits per heavy atom. The zero-order valence-electron chi connectivity index (χ0n) is 7.93. The van der Waals surface area contributed by atoms with Gasteiger partial charge in [-0.3, -0.25) is 0 Å². The van der Waals surface area contributed by atoms with Gasteiger partial charge in [0, 0.05) is 10.8 Å². The number of hydrogen-bond acceptors (Lipinski definition) is 2. The van der Waals surface area contributed by atoms with Crippen LogP contribution in [-0.2, 0) is 0 Å². The van der Waals surface area contributed by atoms with E-state index in [0.29, 0.717) is 23.7 Å². The Hall–Kier alpha value is -0.600. The molecule has 0 aromatic rings. The maximum Gasteiger partial charge on any atom is 0.0505 e. The van der Waals surface area contributed by atoms with E-state index < -0.39 is 0 Å². The lowest BCUT2D eigenvalue weighted by molar-refractivity contribution is -0.359. The third-order valence-electron chi connectivity index (χ3n) is 5.59. The molecule has 14 heavy (non-hydrogen) atoms. The topological polar surface area (TPSA) is 40.5 Å². The number of allylic oxidation sites excluding steroid dienone is 4. The lowest BCUT2D eigenvalue weighted by Gasteiger charge is -2.85. The van der Waals surface area contributed by atoms with Gasteiger partial charge in [-0.1, -0.05) is 24.3 Å². The van der Waals surface area contributed by atoms with Crippen molar-refractivity contribution in [3.63, 3.8) is 0 Å². The van der Waals surface area contributed by atoms with Gasteiger partial charge in [0.1, 0.15) is 0 Å². The lowest BCUT2D eigenvalue weighted by Crippen LogP contribution is -2.85. The minimum absolute atomic E-state index is 0.0145. The van der Waals surface area contributed by atoms with Crippen LogP contribution in [0.15, 0.2) is 24.3 Å². The molecule has 4 aliphatic rings. The molecule has 2 saturated carbocycles. The van der Waals surface area contributed by atoms with E-state index in [1.165, 1.54) is 0 Å². The van der Waals surface area contributed by atoms with E-state index in [4.69, 9.17) is 0 Å². The second-order valence-electron chi connectivity index (χ2n) is 5.27. The molecule has 0 aromatic carbocycles. The third kappa shape index (κ3) is 0.388. The van der Waals surface area contributed by atoms with Gasteiger partial charge in [0.25, 0.3) is 0 Å². The number of hydrogen-bond donors (Lipinski definition) is 2. The molecule has 2 fully saturated rings. The Morgan fingerprint density at radius 3 is 1.14 bits per heavy atom. The van der Waals surface area contributed by atoms with Crippen LogP contribution in [0, 0.1) is 34.5 Å². The number of fused-ring (bicyclic) bond motifs is 7. The van der Waals surface area contributed by atoms with E-state index in [9.17, 15) is 10.2 Å². The zero-order valence-corrected chi connectivity index (χ0v) is 7.93. The van der Waals surface area contributed by atoms with Gasteiger partial charge in [-0.2, -0.15) is 0 Å². The van der Waals surface area contributed by atoms with Gasteiger partial charge < -0.3 is 10.2 Å². The zero-order chi connectivity index (χ0) is 9.55. The number of rotatable bonds is 2. The molecule has 4 aliphatic carbocycles. The summed E-state index contributed by atoms with van der Waals surface area (Å²) in [6.45, 7) is 0.481. The van der Waals surface area contributed by atoms with Crippen LogP contribution in [0.1, 0.15) is 0 Å². The first-order valence-electron chi connectivity index (χ1n) is 5.41. The fourth-order valence-electron chi connectivity index (χ4n) is 4.84. The summed E-state index contributed by atoms with van der Waals surface area (Å²) in [6.07, 6.45) is 8.88. The van der Waals surface area contributed by atoms with Crippen molar-refractivity contribution in [1.82, 2.24) is 0 Å². The first kappa shape index (κ1) is 7.66. The minimum atomic E-state index is 0.0145. The van der Waals surface area contributed by atoms with Crippen LogP contribution in [0.2, 0.25) is 0 Å². The predicted octanol–water partition coefficient (Wildman–Crippen LogP) is 0.575. The molecule has 0 aliphatic heterocycles. The lowest BCUT2D eigenvalue weighted by atomic mass is 9.18. The van der Waals surface area contributed by atoms with Crippen LogP contribution in [0.3, 0.4) is 0 Å². The maximum atomic E-state index is 9.63. The van der Waals surface area contributed by atoms with Crippen molar-refractivity contribution in [3.05, 3.63) is 24.3 Å². The highest BCUT2D eigenvalue weighted by molar-refractivity contribution is 5.47. The second-order valence-corrected chi connectivity index (χ2v) is 5.27. The summed E-state index contributed by atoms with van der Waals surface area (Å²) in [6, 6.07) is 0. The highest BCUT2D eigenvalue weighted by Crippen LogP contribution is 2.86. The van der Waals surface area contributed by atoms with Crippen LogP contribution in [0.25, 0.3) is 0 Å². The Balaban J connectivity index is 1.87. The Labute approximate surface area is 82.9 Å². The van der Waals surface area contributed by atoms with Crippen molar-refractivity contribution >= 4 is 0 Å². The molecule has 2 nitrogen and oxygen atoms in total. The molecule has 0 saturated heterocycles. The summed E-state index contributed by atoms with van der Waals surface area (Å²) in [7, 11) is 0. The van der Waals surface area contributed by atoms with E-state index in [2.05, 4.69) is 24.3 Å². The maximum absolute atomic E-state index is 9.63. The van der Waals surface area contributed by atoms with E-state index >= 15 is 0 Å². The quantitative estimate of drug-likeness (QED) is 0.625. The van der Waals surface area contributed by atoms with Crippen molar-refractivity contribution in [3.8, 4) is 0 Å². The van der Waals surface area contributed by atoms with Crippen LogP contribution in [0.4, 0.5) is 0 Å². The van der Waals surface area contributed by atoms with Gasteiger partial charge in [-0.15, -0.1) is 0 Å². The summed E-state index contributed by atoms with van der Waals surface area (Å²) in [5.41, 5.74) is 0.0289. The fourth-order valence-corrected chi connectivity index (χ4v) is 4.84. The normalized spacial score (nSPS) is 65.0. The van der Waals surface area contributed by atoms with Crippen LogP contribution < -0.4 is 0 Å². The second kappa shape index (κ2) is 1.86. The van der Waals surface area contributed by atoms with Gasteiger partial charge in [0.05, 0.1) is 13.2 Å². The summed E-state index contributed by atoms with van der Waals surface area (Å²) >= 11 is 0. The van der Waals surface area contributed by atoms with Crippen LogP contribution in [-0.4, -0.2) is 23.4 Å². The van der Waals surface area contributed by atoms with Crippen molar-refractivity contribution in [2.45, 2.75) is 0 Å². The van der Waals surface area contributed by atoms with Crippen molar-refractivity contribution in [1.29, 1.82) is 0 Å². The van der Waals surface area contributed by atoms with Gasteiger partial charge in [0.15, 0.2) is 0 Å². The average molecular weight is 190 g/mol. The molecule has 0 radical (unpaired) electrons. The van der Waals surface area contributed by atoms with Crippen molar-refractivity contribution in [2.75, 3.05) is 13.2 Å². The van der Waals surface area contributed by atoms with E-state index in [1.807, 2.05) is 0 Å². The standard InChI is InChI=1S/C12H14O2/c13-5-11-7-1-2-8(7)12(11,6-14)10-4-3-9(10)11/h1-4,7-10,13-14H,5-6H2/t7-,8+,9+,10-,11?,12?. The molecule has 2 unspecified atom stereocenters. The van der Waals surface area contributed by atoms with Crippen molar-refractivity contribution < 1.29 is 10.2 Å². The summed E-state index contributed by atoms with van der Waals surface area (Å²) in [4.78, 5) is 0. The summed E-state index contributed by atoms with van der Waals surface area (Å²) in [5, 5.41) is 19.3.